The molecule has 0 saturated heterocycles. The molecule has 1 aliphatic rings. The van der Waals surface area contributed by atoms with Crippen LogP contribution in [0.15, 0.2) is 109 Å². The fraction of sp³-hybridized carbons (Fsp3) is 0.205. The standard InChI is InChI=1S/C39H33Cl2N3O4/c40-30-9-1-26-3-11-32(43-37(26)21-30)23-46-34-13-5-28(6-14-34)39(19-17-36(18-20-39)48-42-25-45)29-7-15-35(16-8-29)47-24-33-12-4-27-2-10-31(41)22-38(27)44-33/h1-16,21-22,25,36H,17-20,23-24H2,(H,42,45). The SMILES string of the molecule is O=CNOC1CCC(c2ccc(OCc3ccc4ccc(Cl)cc4n3)cc2)(c2ccc(OCc3ccc4ccc(Cl)cc4n3)cc2)CC1. The van der Waals surface area contributed by atoms with E-state index in [9.17, 15) is 4.79 Å². The summed E-state index contributed by atoms with van der Waals surface area (Å²) in [4.78, 5) is 25.8. The second-order valence-electron chi connectivity index (χ2n) is 12.0. The second-order valence-corrected chi connectivity index (χ2v) is 12.9. The highest BCUT2D eigenvalue weighted by Gasteiger charge is 2.39. The van der Waals surface area contributed by atoms with Crippen LogP contribution >= 0.6 is 23.2 Å². The Bertz CT molecular complexity index is 1910. The summed E-state index contributed by atoms with van der Waals surface area (Å²) in [5.74, 6) is 1.53. The predicted molar refractivity (Wildman–Crippen MR) is 188 cm³/mol. The van der Waals surface area contributed by atoms with Crippen LogP contribution in [0.4, 0.5) is 0 Å². The van der Waals surface area contributed by atoms with Gasteiger partial charge in [-0.15, -0.1) is 0 Å². The van der Waals surface area contributed by atoms with Gasteiger partial charge in [0.05, 0.1) is 28.5 Å². The third-order valence-electron chi connectivity index (χ3n) is 9.08. The van der Waals surface area contributed by atoms with Gasteiger partial charge >= 0.3 is 0 Å². The lowest BCUT2D eigenvalue weighted by molar-refractivity contribution is -0.127. The van der Waals surface area contributed by atoms with E-state index in [1.807, 2.05) is 84.9 Å². The minimum Gasteiger partial charge on any atom is -0.487 e. The summed E-state index contributed by atoms with van der Waals surface area (Å²) in [5.41, 5.74) is 7.88. The van der Waals surface area contributed by atoms with Crippen LogP contribution in [0, 0.1) is 0 Å². The number of carbonyl (C=O) groups is 1. The average molecular weight is 679 g/mol. The van der Waals surface area contributed by atoms with Gasteiger partial charge in [-0.2, -0.15) is 0 Å². The number of benzene rings is 4. The summed E-state index contributed by atoms with van der Waals surface area (Å²) in [7, 11) is 0. The Balaban J connectivity index is 1.07. The number of amides is 1. The quantitative estimate of drug-likeness (QED) is 0.109. The number of rotatable bonds is 11. The first-order valence-electron chi connectivity index (χ1n) is 15.9. The van der Waals surface area contributed by atoms with E-state index < -0.39 is 0 Å². The van der Waals surface area contributed by atoms with E-state index in [0.717, 1.165) is 70.4 Å². The first kappa shape index (κ1) is 31.9. The van der Waals surface area contributed by atoms with Crippen LogP contribution in [0.2, 0.25) is 10.0 Å². The number of halogens is 2. The van der Waals surface area contributed by atoms with E-state index in [2.05, 4.69) is 29.7 Å². The Morgan fingerprint density at radius 3 is 1.58 bits per heavy atom. The Morgan fingerprint density at radius 2 is 1.12 bits per heavy atom. The molecule has 1 aliphatic carbocycles. The lowest BCUT2D eigenvalue weighted by atomic mass is 9.65. The van der Waals surface area contributed by atoms with Crippen LogP contribution in [0.5, 0.6) is 11.5 Å². The number of hydrogen-bond donors (Lipinski definition) is 1. The molecule has 0 unspecified atom stereocenters. The van der Waals surface area contributed by atoms with Crippen LogP contribution in [-0.4, -0.2) is 22.5 Å². The Labute approximate surface area is 288 Å². The molecule has 0 spiro atoms. The van der Waals surface area contributed by atoms with E-state index in [1.165, 1.54) is 11.1 Å². The van der Waals surface area contributed by atoms with Crippen molar-refractivity contribution in [1.82, 2.24) is 15.4 Å². The molecule has 6 aromatic rings. The van der Waals surface area contributed by atoms with Gasteiger partial charge in [0.2, 0.25) is 6.41 Å². The molecule has 7 rings (SSSR count). The van der Waals surface area contributed by atoms with E-state index >= 15 is 0 Å². The van der Waals surface area contributed by atoms with Crippen molar-refractivity contribution in [3.8, 4) is 11.5 Å². The molecule has 2 aromatic heterocycles. The van der Waals surface area contributed by atoms with Gasteiger partial charge in [-0.3, -0.25) is 9.63 Å². The van der Waals surface area contributed by atoms with Gasteiger partial charge in [0.15, 0.2) is 0 Å². The largest absolute Gasteiger partial charge is 0.487 e. The maximum atomic E-state index is 10.8. The maximum Gasteiger partial charge on any atom is 0.230 e. The topological polar surface area (TPSA) is 82.6 Å². The van der Waals surface area contributed by atoms with Crippen LogP contribution in [0.1, 0.15) is 48.2 Å². The summed E-state index contributed by atoms with van der Waals surface area (Å²) in [6, 6.07) is 36.1. The molecule has 2 heterocycles. The van der Waals surface area contributed by atoms with Crippen LogP contribution < -0.4 is 15.0 Å². The van der Waals surface area contributed by atoms with Crippen molar-refractivity contribution >= 4 is 51.4 Å². The van der Waals surface area contributed by atoms with Crippen LogP contribution in [0.25, 0.3) is 21.8 Å². The highest BCUT2D eigenvalue weighted by molar-refractivity contribution is 6.31. The minimum atomic E-state index is -0.240. The fourth-order valence-electron chi connectivity index (χ4n) is 6.55. The summed E-state index contributed by atoms with van der Waals surface area (Å²) in [6.07, 6.45) is 3.84. The molecule has 7 nitrogen and oxygen atoms in total. The number of hydrogen-bond acceptors (Lipinski definition) is 6. The minimum absolute atomic E-state index is 0.0396. The van der Waals surface area contributed by atoms with Crippen molar-refractivity contribution in [2.24, 2.45) is 0 Å². The van der Waals surface area contributed by atoms with Gasteiger partial charge in [-0.1, -0.05) is 71.7 Å². The first-order valence-corrected chi connectivity index (χ1v) is 16.6. The molecular formula is C39H33Cl2N3O4. The molecular weight excluding hydrogens is 645 g/mol. The number of ether oxygens (including phenoxy) is 2. The van der Waals surface area contributed by atoms with E-state index in [1.54, 1.807) is 0 Å². The number of pyridine rings is 2. The zero-order valence-electron chi connectivity index (χ0n) is 26.1. The van der Waals surface area contributed by atoms with Crippen LogP contribution in [0.3, 0.4) is 0 Å². The summed E-state index contributed by atoms with van der Waals surface area (Å²) >= 11 is 12.3. The van der Waals surface area contributed by atoms with E-state index in [4.69, 9.17) is 47.5 Å². The van der Waals surface area contributed by atoms with E-state index in [-0.39, 0.29) is 11.5 Å². The highest BCUT2D eigenvalue weighted by Crippen LogP contribution is 2.46. The zero-order chi connectivity index (χ0) is 32.9. The maximum absolute atomic E-state index is 10.8. The molecule has 0 aliphatic heterocycles. The van der Waals surface area contributed by atoms with Crippen molar-refractivity contribution in [1.29, 1.82) is 0 Å². The summed E-state index contributed by atoms with van der Waals surface area (Å²) < 4.78 is 12.3. The predicted octanol–water partition coefficient (Wildman–Crippen LogP) is 9.15. The molecule has 0 bridgehead atoms. The molecule has 1 N–H and O–H groups in total. The molecule has 1 amide bonds. The highest BCUT2D eigenvalue weighted by atomic mass is 35.5. The monoisotopic (exact) mass is 677 g/mol. The van der Waals surface area contributed by atoms with Gasteiger partial charge in [-0.05, 0) is 97.5 Å². The lowest BCUT2D eigenvalue weighted by Crippen LogP contribution is -2.37. The fourth-order valence-corrected chi connectivity index (χ4v) is 6.88. The van der Waals surface area contributed by atoms with Gasteiger partial charge in [0.25, 0.3) is 0 Å². The zero-order valence-corrected chi connectivity index (χ0v) is 27.6. The van der Waals surface area contributed by atoms with Crippen LogP contribution in [-0.2, 0) is 28.3 Å². The molecule has 4 aromatic carbocycles. The number of fused-ring (bicyclic) bond motifs is 2. The molecule has 48 heavy (non-hydrogen) atoms. The number of nitrogens with zero attached hydrogens (tertiary/aromatic N) is 2. The molecule has 0 radical (unpaired) electrons. The van der Waals surface area contributed by atoms with Crippen molar-refractivity contribution in [3.05, 3.63) is 142 Å². The van der Waals surface area contributed by atoms with E-state index in [0.29, 0.717) is 29.7 Å². The third-order valence-corrected chi connectivity index (χ3v) is 9.55. The van der Waals surface area contributed by atoms with Gasteiger partial charge in [0, 0.05) is 26.2 Å². The molecule has 9 heteroatoms. The summed E-state index contributed by atoms with van der Waals surface area (Å²) in [5, 5.41) is 3.38. The number of aromatic nitrogens is 2. The van der Waals surface area contributed by atoms with Crippen molar-refractivity contribution in [3.63, 3.8) is 0 Å². The van der Waals surface area contributed by atoms with Crippen molar-refractivity contribution < 1.29 is 19.1 Å². The Morgan fingerprint density at radius 1 is 0.667 bits per heavy atom. The van der Waals surface area contributed by atoms with Gasteiger partial charge in [0.1, 0.15) is 24.7 Å². The Kier molecular flexibility index (Phi) is 9.43. The Hall–Kier alpha value is -4.69. The smallest absolute Gasteiger partial charge is 0.230 e. The normalized spacial score (nSPS) is 14.5. The number of carbonyl (C=O) groups excluding carboxylic acids is 1. The van der Waals surface area contributed by atoms with Crippen molar-refractivity contribution in [2.75, 3.05) is 0 Å². The average Bonchev–Trinajstić information content (AvgIpc) is 3.12. The molecule has 0 atom stereocenters. The summed E-state index contributed by atoms with van der Waals surface area (Å²) in [6.45, 7) is 0.694. The van der Waals surface area contributed by atoms with Crippen molar-refractivity contribution in [2.45, 2.75) is 50.4 Å². The van der Waals surface area contributed by atoms with Gasteiger partial charge in [-0.25, -0.2) is 15.4 Å². The first-order chi connectivity index (χ1) is 23.5. The van der Waals surface area contributed by atoms with Gasteiger partial charge < -0.3 is 9.47 Å². The molecule has 1 saturated carbocycles. The second kappa shape index (κ2) is 14.2. The lowest BCUT2D eigenvalue weighted by Gasteiger charge is -2.41. The molecule has 1 fully saturated rings. The number of hydroxylamine groups is 1. The molecule has 242 valence electrons. The third kappa shape index (κ3) is 7.09. The number of nitrogens with one attached hydrogen (secondary N) is 1.